The molecule has 1 aliphatic heterocycles. The molecule has 2 fully saturated rings. The summed E-state index contributed by atoms with van der Waals surface area (Å²) in [7, 11) is 0. The Balaban J connectivity index is 1.81. The summed E-state index contributed by atoms with van der Waals surface area (Å²) in [5.74, 6) is 0.585. The van der Waals surface area contributed by atoms with Gasteiger partial charge in [0.1, 0.15) is 0 Å². The first kappa shape index (κ1) is 11.8. The Morgan fingerprint density at radius 2 is 1.69 bits per heavy atom. The molecule has 16 heavy (non-hydrogen) atoms. The van der Waals surface area contributed by atoms with Crippen molar-refractivity contribution in [3.63, 3.8) is 0 Å². The van der Waals surface area contributed by atoms with Crippen LogP contribution in [0.15, 0.2) is 0 Å². The summed E-state index contributed by atoms with van der Waals surface area (Å²) in [5, 5.41) is 11.9. The number of carboxylic acids is 1. The molecule has 2 aliphatic rings. The van der Waals surface area contributed by atoms with Gasteiger partial charge in [-0.2, -0.15) is 11.8 Å². The molecule has 1 heterocycles. The van der Waals surface area contributed by atoms with Crippen molar-refractivity contribution < 1.29 is 14.7 Å². The molecule has 0 aromatic heterocycles. The Labute approximate surface area is 99.2 Å². The maximum absolute atomic E-state index is 11.8. The minimum atomic E-state index is -0.828. The molecule has 4 nitrogen and oxygen atoms in total. The van der Waals surface area contributed by atoms with Gasteiger partial charge in [0.15, 0.2) is 0 Å². The number of carboxylic acid groups (broad SMARTS) is 1. The summed E-state index contributed by atoms with van der Waals surface area (Å²) in [5.41, 5.74) is 0. The fourth-order valence-corrected chi connectivity index (χ4v) is 3.37. The van der Waals surface area contributed by atoms with Gasteiger partial charge in [-0.3, -0.25) is 9.59 Å². The van der Waals surface area contributed by atoms with Crippen LogP contribution in [0.5, 0.6) is 0 Å². The lowest BCUT2D eigenvalue weighted by Crippen LogP contribution is -2.48. The van der Waals surface area contributed by atoms with Crippen molar-refractivity contribution in [1.29, 1.82) is 0 Å². The number of hydrogen-bond acceptors (Lipinski definition) is 3. The van der Waals surface area contributed by atoms with Crippen LogP contribution in [0.25, 0.3) is 0 Å². The lowest BCUT2D eigenvalue weighted by molar-refractivity contribution is -0.153. The molecule has 2 atom stereocenters. The molecule has 0 aromatic carbocycles. The molecule has 1 amide bonds. The van der Waals surface area contributed by atoms with E-state index < -0.39 is 11.9 Å². The van der Waals surface area contributed by atoms with Crippen LogP contribution in [0.2, 0.25) is 0 Å². The average Bonchev–Trinajstić information content (AvgIpc) is 2.16. The van der Waals surface area contributed by atoms with Gasteiger partial charge in [0.2, 0.25) is 5.91 Å². The number of thioether (sulfide) groups is 1. The van der Waals surface area contributed by atoms with E-state index in [2.05, 4.69) is 5.32 Å². The molecule has 0 radical (unpaired) electrons. The first-order chi connectivity index (χ1) is 7.68. The number of amides is 1. The summed E-state index contributed by atoms with van der Waals surface area (Å²) in [4.78, 5) is 22.6. The van der Waals surface area contributed by atoms with E-state index in [4.69, 9.17) is 5.11 Å². The molecule has 1 saturated heterocycles. The van der Waals surface area contributed by atoms with Gasteiger partial charge in [0.05, 0.1) is 11.8 Å². The van der Waals surface area contributed by atoms with Gasteiger partial charge in [-0.15, -0.1) is 0 Å². The first-order valence-electron chi connectivity index (χ1n) is 5.79. The normalized spacial score (nSPS) is 30.5. The van der Waals surface area contributed by atoms with Crippen molar-refractivity contribution in [3.05, 3.63) is 0 Å². The van der Waals surface area contributed by atoms with Gasteiger partial charge in [-0.25, -0.2) is 0 Å². The summed E-state index contributed by atoms with van der Waals surface area (Å²) in [6, 6.07) is 0.267. The summed E-state index contributed by atoms with van der Waals surface area (Å²) >= 11 is 1.91. The van der Waals surface area contributed by atoms with Crippen LogP contribution < -0.4 is 5.32 Å². The predicted molar refractivity (Wildman–Crippen MR) is 62.3 cm³/mol. The maximum Gasteiger partial charge on any atom is 0.307 e. The molecule has 90 valence electrons. The number of carbonyl (C=O) groups is 2. The molecule has 2 unspecified atom stereocenters. The van der Waals surface area contributed by atoms with Crippen LogP contribution in [0.1, 0.15) is 25.7 Å². The van der Waals surface area contributed by atoms with E-state index in [0.717, 1.165) is 30.8 Å². The lowest BCUT2D eigenvalue weighted by atomic mass is 9.73. The van der Waals surface area contributed by atoms with Crippen LogP contribution in [-0.4, -0.2) is 34.5 Å². The number of aliphatic carboxylic acids is 1. The van der Waals surface area contributed by atoms with Crippen LogP contribution >= 0.6 is 11.8 Å². The number of hydrogen-bond donors (Lipinski definition) is 2. The fourth-order valence-electron chi connectivity index (χ4n) is 2.26. The predicted octanol–water partition coefficient (Wildman–Crippen LogP) is 1.11. The molecule has 0 bridgehead atoms. The van der Waals surface area contributed by atoms with Crippen LogP contribution in [0.3, 0.4) is 0 Å². The summed E-state index contributed by atoms with van der Waals surface area (Å²) < 4.78 is 0. The topological polar surface area (TPSA) is 66.4 Å². The Morgan fingerprint density at radius 1 is 1.06 bits per heavy atom. The number of carbonyl (C=O) groups excluding carboxylic acids is 1. The maximum atomic E-state index is 11.8. The van der Waals surface area contributed by atoms with Gasteiger partial charge in [0, 0.05) is 6.04 Å². The standard InChI is InChI=1S/C11H17NO3S/c13-10(8-1-2-9(8)11(14)15)12-7-3-5-16-6-4-7/h7-9H,1-6H2,(H,12,13)(H,14,15). The average molecular weight is 243 g/mol. The van der Waals surface area contributed by atoms with E-state index >= 15 is 0 Å². The van der Waals surface area contributed by atoms with Crippen LogP contribution in [-0.2, 0) is 9.59 Å². The highest BCUT2D eigenvalue weighted by Gasteiger charge is 2.41. The third-order valence-corrected chi connectivity index (χ3v) is 4.54. The fraction of sp³-hybridized carbons (Fsp3) is 0.818. The number of nitrogens with one attached hydrogen (secondary N) is 1. The van der Waals surface area contributed by atoms with Gasteiger partial charge >= 0.3 is 5.97 Å². The van der Waals surface area contributed by atoms with Gasteiger partial charge < -0.3 is 10.4 Å². The molecular weight excluding hydrogens is 226 g/mol. The lowest BCUT2D eigenvalue weighted by Gasteiger charge is -2.34. The third-order valence-electron chi connectivity index (χ3n) is 3.50. The van der Waals surface area contributed by atoms with Crippen molar-refractivity contribution in [2.75, 3.05) is 11.5 Å². The molecule has 1 aliphatic carbocycles. The van der Waals surface area contributed by atoms with E-state index in [1.165, 1.54) is 0 Å². The zero-order valence-electron chi connectivity index (χ0n) is 9.15. The van der Waals surface area contributed by atoms with Crippen molar-refractivity contribution in [2.45, 2.75) is 31.7 Å². The minimum absolute atomic E-state index is 0.0458. The largest absolute Gasteiger partial charge is 0.481 e. The van der Waals surface area contributed by atoms with Crippen molar-refractivity contribution >= 4 is 23.6 Å². The Morgan fingerprint density at radius 3 is 2.19 bits per heavy atom. The highest BCUT2D eigenvalue weighted by molar-refractivity contribution is 7.99. The van der Waals surface area contributed by atoms with Crippen LogP contribution in [0, 0.1) is 11.8 Å². The molecular formula is C11H17NO3S. The zero-order chi connectivity index (χ0) is 11.5. The van der Waals surface area contributed by atoms with E-state index in [0.29, 0.717) is 6.42 Å². The quantitative estimate of drug-likeness (QED) is 0.779. The van der Waals surface area contributed by atoms with Crippen LogP contribution in [0.4, 0.5) is 0 Å². The zero-order valence-corrected chi connectivity index (χ0v) is 9.96. The Kier molecular flexibility index (Phi) is 3.74. The van der Waals surface area contributed by atoms with Crippen molar-refractivity contribution in [1.82, 2.24) is 5.32 Å². The molecule has 2 rings (SSSR count). The molecule has 0 spiro atoms. The molecule has 2 N–H and O–H groups in total. The molecule has 0 aromatic rings. The number of rotatable bonds is 3. The third kappa shape index (κ3) is 2.51. The highest BCUT2D eigenvalue weighted by atomic mass is 32.2. The second-order valence-corrected chi connectivity index (χ2v) is 5.75. The second kappa shape index (κ2) is 5.08. The van der Waals surface area contributed by atoms with Crippen molar-refractivity contribution in [3.8, 4) is 0 Å². The van der Waals surface area contributed by atoms with Crippen molar-refractivity contribution in [2.24, 2.45) is 11.8 Å². The van der Waals surface area contributed by atoms with E-state index in [1.54, 1.807) is 0 Å². The highest BCUT2D eigenvalue weighted by Crippen LogP contribution is 2.34. The van der Waals surface area contributed by atoms with E-state index in [1.807, 2.05) is 11.8 Å². The van der Waals surface area contributed by atoms with Gasteiger partial charge in [0.25, 0.3) is 0 Å². The Bertz CT molecular complexity index is 289. The van der Waals surface area contributed by atoms with Gasteiger partial charge in [-0.05, 0) is 37.2 Å². The molecule has 5 heteroatoms. The second-order valence-electron chi connectivity index (χ2n) is 4.52. The molecule has 1 saturated carbocycles. The minimum Gasteiger partial charge on any atom is -0.481 e. The summed E-state index contributed by atoms with van der Waals surface area (Å²) in [6.45, 7) is 0. The van der Waals surface area contributed by atoms with E-state index in [9.17, 15) is 9.59 Å². The Hall–Kier alpha value is -0.710. The SMILES string of the molecule is O=C(O)C1CCC1C(=O)NC1CCSCC1. The van der Waals surface area contributed by atoms with Gasteiger partial charge in [-0.1, -0.05) is 0 Å². The van der Waals surface area contributed by atoms with E-state index in [-0.39, 0.29) is 17.9 Å². The monoisotopic (exact) mass is 243 g/mol. The first-order valence-corrected chi connectivity index (χ1v) is 6.95. The summed E-state index contributed by atoms with van der Waals surface area (Å²) in [6.07, 6.45) is 3.40. The smallest absolute Gasteiger partial charge is 0.307 e.